The van der Waals surface area contributed by atoms with Gasteiger partial charge in [-0.15, -0.1) is 0 Å². The Kier molecular flexibility index (Phi) is 3.13. The first-order chi connectivity index (χ1) is 6.73. The molecule has 0 bridgehead atoms. The van der Waals surface area contributed by atoms with Gasteiger partial charge in [-0.05, 0) is 37.0 Å². The van der Waals surface area contributed by atoms with Crippen LogP contribution in [0.2, 0.25) is 0 Å². The van der Waals surface area contributed by atoms with E-state index in [9.17, 15) is 0 Å². The summed E-state index contributed by atoms with van der Waals surface area (Å²) in [5.74, 6) is 0.853. The van der Waals surface area contributed by atoms with Crippen molar-refractivity contribution in [2.75, 3.05) is 19.6 Å². The van der Waals surface area contributed by atoms with E-state index in [-0.39, 0.29) is 0 Å². The van der Waals surface area contributed by atoms with Crippen LogP contribution in [0.3, 0.4) is 0 Å². The molecule has 0 spiro atoms. The molecule has 0 saturated heterocycles. The van der Waals surface area contributed by atoms with Crippen LogP contribution in [0, 0.1) is 11.3 Å². The van der Waals surface area contributed by atoms with Gasteiger partial charge in [-0.2, -0.15) is 0 Å². The topological polar surface area (TPSA) is 24.1 Å². The Balaban J connectivity index is 1.49. The molecular formula is C12H24N2. The van der Waals surface area contributed by atoms with Gasteiger partial charge >= 0.3 is 0 Å². The zero-order chi connectivity index (χ0) is 10.0. The van der Waals surface area contributed by atoms with Gasteiger partial charge in [0.2, 0.25) is 0 Å². The highest BCUT2D eigenvalue weighted by atomic mass is 15.0. The fourth-order valence-electron chi connectivity index (χ4n) is 2.11. The van der Waals surface area contributed by atoms with Crippen LogP contribution >= 0.6 is 0 Å². The predicted octanol–water partition coefficient (Wildman–Crippen LogP) is 1.76. The van der Waals surface area contributed by atoms with Gasteiger partial charge in [-0.25, -0.2) is 0 Å². The summed E-state index contributed by atoms with van der Waals surface area (Å²) >= 11 is 0. The van der Waals surface area contributed by atoms with E-state index < -0.39 is 0 Å². The first kappa shape index (κ1) is 10.4. The summed E-state index contributed by atoms with van der Waals surface area (Å²) in [5, 5.41) is 7.12. The standard InChI is InChI=1S/C12H24N2/c1-10(2)12(5-6-12)9-13-7-8-14-11-3-4-11/h10-11,13-14H,3-9H2,1-2H3. The Labute approximate surface area is 87.8 Å². The average Bonchev–Trinajstić information content (AvgIpc) is 2.99. The summed E-state index contributed by atoms with van der Waals surface area (Å²) in [6.07, 6.45) is 5.67. The Morgan fingerprint density at radius 2 is 1.93 bits per heavy atom. The van der Waals surface area contributed by atoms with Crippen LogP contribution < -0.4 is 10.6 Å². The molecule has 0 aromatic heterocycles. The smallest absolute Gasteiger partial charge is 0.00793 e. The van der Waals surface area contributed by atoms with E-state index in [0.717, 1.165) is 25.0 Å². The van der Waals surface area contributed by atoms with Crippen molar-refractivity contribution < 1.29 is 0 Å². The second-order valence-electron chi connectivity index (χ2n) is 5.42. The molecule has 2 N–H and O–H groups in total. The third-order valence-corrected chi connectivity index (χ3v) is 3.91. The van der Waals surface area contributed by atoms with Crippen molar-refractivity contribution in [1.82, 2.24) is 10.6 Å². The minimum Gasteiger partial charge on any atom is -0.315 e. The van der Waals surface area contributed by atoms with E-state index >= 15 is 0 Å². The molecule has 0 aliphatic heterocycles. The van der Waals surface area contributed by atoms with Crippen molar-refractivity contribution in [3.05, 3.63) is 0 Å². The SMILES string of the molecule is CC(C)C1(CNCCNC2CC2)CC1. The van der Waals surface area contributed by atoms with Crippen molar-refractivity contribution in [3.8, 4) is 0 Å². The van der Waals surface area contributed by atoms with Crippen molar-refractivity contribution in [2.24, 2.45) is 11.3 Å². The Bertz CT molecular complexity index is 181. The lowest BCUT2D eigenvalue weighted by Crippen LogP contribution is -2.33. The van der Waals surface area contributed by atoms with Crippen molar-refractivity contribution in [3.63, 3.8) is 0 Å². The monoisotopic (exact) mass is 196 g/mol. The summed E-state index contributed by atoms with van der Waals surface area (Å²) in [5.41, 5.74) is 0.666. The Hall–Kier alpha value is -0.0800. The molecule has 2 nitrogen and oxygen atoms in total. The molecule has 0 heterocycles. The summed E-state index contributed by atoms with van der Waals surface area (Å²) in [4.78, 5) is 0. The molecule has 0 aromatic carbocycles. The molecule has 0 amide bonds. The van der Waals surface area contributed by atoms with Gasteiger partial charge in [0, 0.05) is 25.7 Å². The molecular weight excluding hydrogens is 172 g/mol. The maximum Gasteiger partial charge on any atom is 0.00793 e. The van der Waals surface area contributed by atoms with E-state index in [1.54, 1.807) is 0 Å². The lowest BCUT2D eigenvalue weighted by atomic mass is 9.92. The predicted molar refractivity (Wildman–Crippen MR) is 60.4 cm³/mol. The molecule has 82 valence electrons. The van der Waals surface area contributed by atoms with Gasteiger partial charge < -0.3 is 10.6 Å². The zero-order valence-corrected chi connectivity index (χ0v) is 9.60. The van der Waals surface area contributed by atoms with Crippen LogP contribution in [0.5, 0.6) is 0 Å². The molecule has 0 unspecified atom stereocenters. The molecule has 14 heavy (non-hydrogen) atoms. The van der Waals surface area contributed by atoms with E-state index in [0.29, 0.717) is 5.41 Å². The largest absolute Gasteiger partial charge is 0.315 e. The fourth-order valence-corrected chi connectivity index (χ4v) is 2.11. The van der Waals surface area contributed by atoms with Gasteiger partial charge in [0.15, 0.2) is 0 Å². The van der Waals surface area contributed by atoms with E-state index in [4.69, 9.17) is 0 Å². The quantitative estimate of drug-likeness (QED) is 0.606. The Morgan fingerprint density at radius 1 is 1.21 bits per heavy atom. The van der Waals surface area contributed by atoms with Crippen LogP contribution in [-0.4, -0.2) is 25.7 Å². The molecule has 2 rings (SSSR count). The minimum atomic E-state index is 0.666. The van der Waals surface area contributed by atoms with Gasteiger partial charge in [-0.3, -0.25) is 0 Å². The van der Waals surface area contributed by atoms with Crippen molar-refractivity contribution in [1.29, 1.82) is 0 Å². The van der Waals surface area contributed by atoms with Crippen molar-refractivity contribution >= 4 is 0 Å². The highest BCUT2D eigenvalue weighted by Gasteiger charge is 2.44. The van der Waals surface area contributed by atoms with Crippen LogP contribution in [0.25, 0.3) is 0 Å². The number of hydrogen-bond donors (Lipinski definition) is 2. The second kappa shape index (κ2) is 4.19. The Morgan fingerprint density at radius 3 is 2.43 bits per heavy atom. The number of nitrogens with one attached hydrogen (secondary N) is 2. The average molecular weight is 196 g/mol. The molecule has 2 aliphatic carbocycles. The zero-order valence-electron chi connectivity index (χ0n) is 9.60. The second-order valence-corrected chi connectivity index (χ2v) is 5.42. The van der Waals surface area contributed by atoms with E-state index in [1.165, 1.54) is 32.2 Å². The normalized spacial score (nSPS) is 24.2. The van der Waals surface area contributed by atoms with Crippen LogP contribution in [0.4, 0.5) is 0 Å². The highest BCUT2D eigenvalue weighted by molar-refractivity contribution is 4.97. The minimum absolute atomic E-state index is 0.666. The van der Waals surface area contributed by atoms with Crippen LogP contribution in [0.1, 0.15) is 39.5 Å². The van der Waals surface area contributed by atoms with E-state index in [2.05, 4.69) is 24.5 Å². The maximum absolute atomic E-state index is 3.59. The van der Waals surface area contributed by atoms with Gasteiger partial charge in [-0.1, -0.05) is 13.8 Å². The first-order valence-corrected chi connectivity index (χ1v) is 6.17. The number of rotatable bonds is 7. The fraction of sp³-hybridized carbons (Fsp3) is 1.00. The third-order valence-electron chi connectivity index (χ3n) is 3.91. The summed E-state index contributed by atoms with van der Waals surface area (Å²) in [6, 6.07) is 0.858. The summed E-state index contributed by atoms with van der Waals surface area (Å²) in [6.45, 7) is 8.25. The van der Waals surface area contributed by atoms with Gasteiger partial charge in [0.05, 0.1) is 0 Å². The lowest BCUT2D eigenvalue weighted by molar-refractivity contribution is 0.338. The van der Waals surface area contributed by atoms with Crippen LogP contribution in [0.15, 0.2) is 0 Å². The first-order valence-electron chi connectivity index (χ1n) is 6.17. The van der Waals surface area contributed by atoms with Crippen LogP contribution in [-0.2, 0) is 0 Å². The summed E-state index contributed by atoms with van der Waals surface area (Å²) in [7, 11) is 0. The van der Waals surface area contributed by atoms with Gasteiger partial charge in [0.25, 0.3) is 0 Å². The molecule has 2 fully saturated rings. The highest BCUT2D eigenvalue weighted by Crippen LogP contribution is 2.51. The maximum atomic E-state index is 3.59. The summed E-state index contributed by atoms with van der Waals surface area (Å²) < 4.78 is 0. The van der Waals surface area contributed by atoms with Gasteiger partial charge in [0.1, 0.15) is 0 Å². The lowest BCUT2D eigenvalue weighted by Gasteiger charge is -2.20. The molecule has 0 aromatic rings. The van der Waals surface area contributed by atoms with E-state index in [1.807, 2.05) is 0 Å². The van der Waals surface area contributed by atoms with Crippen molar-refractivity contribution in [2.45, 2.75) is 45.6 Å². The third kappa shape index (κ3) is 2.71. The molecule has 2 heteroatoms. The molecule has 0 atom stereocenters. The molecule has 2 saturated carbocycles. The number of hydrogen-bond acceptors (Lipinski definition) is 2. The molecule has 0 radical (unpaired) electrons. The molecule has 2 aliphatic rings.